The third kappa shape index (κ3) is 6.91. The van der Waals surface area contributed by atoms with E-state index in [-0.39, 0.29) is 11.3 Å². The fraction of sp³-hybridized carbons (Fsp3) is 0.200. The average molecular weight is 485 g/mol. The summed E-state index contributed by atoms with van der Waals surface area (Å²) in [5.41, 5.74) is 2.15. The van der Waals surface area contributed by atoms with E-state index in [4.69, 9.17) is 11.6 Å². The molecule has 1 amide bonds. The van der Waals surface area contributed by atoms with Gasteiger partial charge in [0.05, 0.1) is 22.0 Å². The molecule has 3 aromatic rings. The van der Waals surface area contributed by atoms with Crippen molar-refractivity contribution in [3.05, 3.63) is 88.9 Å². The molecule has 0 radical (unpaired) electrons. The van der Waals surface area contributed by atoms with Crippen LogP contribution in [0.15, 0.2) is 77.7 Å². The van der Waals surface area contributed by atoms with E-state index in [1.54, 1.807) is 36.4 Å². The van der Waals surface area contributed by atoms with Gasteiger partial charge in [-0.2, -0.15) is 0 Å². The van der Waals surface area contributed by atoms with Crippen LogP contribution in [0.4, 0.5) is 11.4 Å². The van der Waals surface area contributed by atoms with Crippen LogP contribution in [0.5, 0.6) is 0 Å². The Hall–Kier alpha value is -3.16. The highest BCUT2D eigenvalue weighted by molar-refractivity contribution is 7.92. The van der Waals surface area contributed by atoms with Gasteiger partial charge in [0.25, 0.3) is 10.0 Å². The van der Waals surface area contributed by atoms with Crippen molar-refractivity contribution in [1.29, 1.82) is 0 Å². The third-order valence-corrected chi connectivity index (χ3v) is 6.71. The highest BCUT2D eigenvalue weighted by Crippen LogP contribution is 2.21. The zero-order chi connectivity index (χ0) is 23.8. The van der Waals surface area contributed by atoms with Crippen molar-refractivity contribution in [2.75, 3.05) is 10.0 Å². The number of amides is 1. The number of ketones is 1. The van der Waals surface area contributed by atoms with Crippen molar-refractivity contribution in [2.24, 2.45) is 0 Å². The van der Waals surface area contributed by atoms with E-state index < -0.39 is 21.7 Å². The SMILES string of the molecule is CCCCc1ccc(S(=O)(=O)Nc2ccc(C(=O)CC(=O)Nc3ccccc3Cl)cc2)cc1. The second-order valence-corrected chi connectivity index (χ2v) is 9.65. The number of nitrogens with one attached hydrogen (secondary N) is 2. The first-order valence-electron chi connectivity index (χ1n) is 10.6. The number of hydrogen-bond donors (Lipinski definition) is 2. The molecule has 0 bridgehead atoms. The summed E-state index contributed by atoms with van der Waals surface area (Å²) in [5, 5.41) is 2.98. The maximum Gasteiger partial charge on any atom is 0.261 e. The molecule has 0 spiro atoms. The first-order chi connectivity index (χ1) is 15.8. The number of halogens is 1. The number of hydrogen-bond acceptors (Lipinski definition) is 4. The fourth-order valence-corrected chi connectivity index (χ4v) is 4.40. The van der Waals surface area contributed by atoms with Gasteiger partial charge in [0.1, 0.15) is 0 Å². The van der Waals surface area contributed by atoms with Gasteiger partial charge in [-0.15, -0.1) is 0 Å². The molecule has 6 nitrogen and oxygen atoms in total. The minimum atomic E-state index is -3.75. The number of benzene rings is 3. The van der Waals surface area contributed by atoms with Crippen molar-refractivity contribution in [1.82, 2.24) is 0 Å². The lowest BCUT2D eigenvalue weighted by Crippen LogP contribution is -2.17. The molecule has 0 aliphatic heterocycles. The molecule has 0 unspecified atom stereocenters. The second-order valence-electron chi connectivity index (χ2n) is 7.56. The number of carbonyl (C=O) groups is 2. The molecule has 0 heterocycles. The number of Topliss-reactive ketones (excluding diaryl/α,β-unsaturated/α-hetero) is 1. The van der Waals surface area contributed by atoms with Gasteiger partial charge in [0, 0.05) is 11.3 Å². The molecule has 0 saturated carbocycles. The average Bonchev–Trinajstić information content (AvgIpc) is 2.79. The Morgan fingerprint density at radius 1 is 0.909 bits per heavy atom. The minimum Gasteiger partial charge on any atom is -0.324 e. The quantitative estimate of drug-likeness (QED) is 0.285. The lowest BCUT2D eigenvalue weighted by Gasteiger charge is -2.10. The maximum absolute atomic E-state index is 12.7. The first kappa shape index (κ1) is 24.5. The topological polar surface area (TPSA) is 92.3 Å². The summed E-state index contributed by atoms with van der Waals surface area (Å²) >= 11 is 6.01. The van der Waals surface area contributed by atoms with Crippen LogP contribution < -0.4 is 10.0 Å². The summed E-state index contributed by atoms with van der Waals surface area (Å²) in [6.45, 7) is 2.11. The van der Waals surface area contributed by atoms with Crippen LogP contribution in [0.2, 0.25) is 5.02 Å². The van der Waals surface area contributed by atoms with Gasteiger partial charge >= 0.3 is 0 Å². The highest BCUT2D eigenvalue weighted by Gasteiger charge is 2.16. The summed E-state index contributed by atoms with van der Waals surface area (Å²) in [7, 11) is -3.75. The smallest absolute Gasteiger partial charge is 0.261 e. The van der Waals surface area contributed by atoms with Crippen LogP contribution in [0, 0.1) is 0 Å². The molecule has 3 rings (SSSR count). The van der Waals surface area contributed by atoms with Crippen LogP contribution >= 0.6 is 11.6 Å². The Morgan fingerprint density at radius 3 is 2.21 bits per heavy atom. The van der Waals surface area contributed by atoms with Crippen LogP contribution in [-0.4, -0.2) is 20.1 Å². The number of rotatable bonds is 10. The second kappa shape index (κ2) is 11.1. The van der Waals surface area contributed by atoms with Crippen molar-refractivity contribution in [3.63, 3.8) is 0 Å². The summed E-state index contributed by atoms with van der Waals surface area (Å²) in [6, 6.07) is 19.5. The summed E-state index contributed by atoms with van der Waals surface area (Å²) < 4.78 is 27.8. The largest absolute Gasteiger partial charge is 0.324 e. The maximum atomic E-state index is 12.7. The molecule has 2 N–H and O–H groups in total. The van der Waals surface area contributed by atoms with Crippen LogP contribution in [0.1, 0.15) is 42.1 Å². The summed E-state index contributed by atoms with van der Waals surface area (Å²) in [5.74, 6) is -0.878. The zero-order valence-electron chi connectivity index (χ0n) is 18.2. The standard InChI is InChI=1S/C25H25ClN2O4S/c1-2-3-6-18-9-15-21(16-10-18)33(31,32)28-20-13-11-19(12-14-20)24(29)17-25(30)27-23-8-5-4-7-22(23)26/h4-5,7-16,28H,2-3,6,17H2,1H3,(H,27,30). The molecular formula is C25H25ClN2O4S. The van der Waals surface area contributed by atoms with Gasteiger partial charge in [-0.05, 0) is 66.9 Å². The molecule has 8 heteroatoms. The molecule has 0 fully saturated rings. The molecule has 172 valence electrons. The normalized spacial score (nSPS) is 11.1. The summed E-state index contributed by atoms with van der Waals surface area (Å²) in [4.78, 5) is 24.7. The van der Waals surface area contributed by atoms with Crippen LogP contribution in [-0.2, 0) is 21.2 Å². The van der Waals surface area contributed by atoms with E-state index in [0.717, 1.165) is 24.8 Å². The van der Waals surface area contributed by atoms with Gasteiger partial charge in [0.15, 0.2) is 5.78 Å². The van der Waals surface area contributed by atoms with Gasteiger partial charge in [-0.3, -0.25) is 14.3 Å². The molecule has 0 aromatic heterocycles. The van der Waals surface area contributed by atoms with E-state index in [9.17, 15) is 18.0 Å². The summed E-state index contributed by atoms with van der Waals surface area (Å²) in [6.07, 6.45) is 2.68. The Kier molecular flexibility index (Phi) is 8.25. The Morgan fingerprint density at radius 2 is 1.58 bits per heavy atom. The fourth-order valence-electron chi connectivity index (χ4n) is 3.16. The third-order valence-electron chi connectivity index (χ3n) is 4.98. The Labute approximate surface area is 199 Å². The van der Waals surface area contributed by atoms with E-state index in [2.05, 4.69) is 17.0 Å². The van der Waals surface area contributed by atoms with Crippen molar-refractivity contribution in [3.8, 4) is 0 Å². The van der Waals surface area contributed by atoms with Gasteiger partial charge in [-0.1, -0.05) is 49.2 Å². The lowest BCUT2D eigenvalue weighted by atomic mass is 10.1. The molecule has 0 aliphatic carbocycles. The molecule has 0 aliphatic rings. The van der Waals surface area contributed by atoms with E-state index >= 15 is 0 Å². The first-order valence-corrected chi connectivity index (χ1v) is 12.4. The molecule has 0 atom stereocenters. The van der Waals surface area contributed by atoms with Gasteiger partial charge in [0.2, 0.25) is 5.91 Å². The van der Waals surface area contributed by atoms with E-state index in [1.165, 1.54) is 24.3 Å². The number of sulfonamides is 1. The number of anilines is 2. The van der Waals surface area contributed by atoms with Gasteiger partial charge < -0.3 is 5.32 Å². The monoisotopic (exact) mass is 484 g/mol. The van der Waals surface area contributed by atoms with Crippen molar-refractivity contribution in [2.45, 2.75) is 37.5 Å². The predicted molar refractivity (Wildman–Crippen MR) is 131 cm³/mol. The van der Waals surface area contributed by atoms with Crippen molar-refractivity contribution >= 4 is 44.7 Å². The predicted octanol–water partition coefficient (Wildman–Crippen LogP) is 5.69. The molecular weight excluding hydrogens is 460 g/mol. The molecule has 3 aromatic carbocycles. The number of aryl methyl sites for hydroxylation is 1. The molecule has 33 heavy (non-hydrogen) atoms. The minimum absolute atomic E-state index is 0.166. The number of carbonyl (C=O) groups excluding carboxylic acids is 2. The number of unbranched alkanes of at least 4 members (excludes halogenated alkanes) is 1. The van der Waals surface area contributed by atoms with Crippen LogP contribution in [0.25, 0.3) is 0 Å². The van der Waals surface area contributed by atoms with Gasteiger partial charge in [-0.25, -0.2) is 8.42 Å². The highest BCUT2D eigenvalue weighted by atomic mass is 35.5. The van der Waals surface area contributed by atoms with E-state index in [1.807, 2.05) is 12.1 Å². The number of para-hydroxylation sites is 1. The van der Waals surface area contributed by atoms with Crippen LogP contribution in [0.3, 0.4) is 0 Å². The zero-order valence-corrected chi connectivity index (χ0v) is 19.7. The molecule has 0 saturated heterocycles. The Balaban J connectivity index is 1.60. The van der Waals surface area contributed by atoms with Crippen molar-refractivity contribution < 1.29 is 18.0 Å². The lowest BCUT2D eigenvalue weighted by molar-refractivity contribution is -0.115. The Bertz CT molecular complexity index is 1220. The van der Waals surface area contributed by atoms with E-state index in [0.29, 0.717) is 22.0 Å².